The van der Waals surface area contributed by atoms with Gasteiger partial charge in [0.1, 0.15) is 0 Å². The highest BCUT2D eigenvalue weighted by atomic mass is 16.1. The van der Waals surface area contributed by atoms with Crippen molar-refractivity contribution in [3.8, 4) is 0 Å². The summed E-state index contributed by atoms with van der Waals surface area (Å²) in [6, 6.07) is 0. The van der Waals surface area contributed by atoms with Crippen LogP contribution < -0.4 is 10.2 Å². The number of nitrogens with one attached hydrogen (secondary N) is 1. The molecular weight excluding hydrogens is 240 g/mol. The SMILES string of the molecule is CC(C)(C)NC(=O)c1cnc(N2CCCCC2)nc1. The van der Waals surface area contributed by atoms with Gasteiger partial charge >= 0.3 is 0 Å². The van der Waals surface area contributed by atoms with Crippen LogP contribution in [0, 0.1) is 0 Å². The highest BCUT2D eigenvalue weighted by molar-refractivity contribution is 5.94. The van der Waals surface area contributed by atoms with Gasteiger partial charge in [0.05, 0.1) is 5.56 Å². The Kier molecular flexibility index (Phi) is 4.02. The van der Waals surface area contributed by atoms with Gasteiger partial charge in [-0.3, -0.25) is 4.79 Å². The number of carbonyl (C=O) groups excluding carboxylic acids is 1. The molecule has 0 atom stereocenters. The molecule has 104 valence electrons. The predicted molar refractivity (Wildman–Crippen MR) is 75.3 cm³/mol. The van der Waals surface area contributed by atoms with Crippen molar-refractivity contribution in [1.29, 1.82) is 0 Å². The molecular formula is C14H22N4O. The van der Waals surface area contributed by atoms with Crippen LogP contribution in [0.1, 0.15) is 50.4 Å². The van der Waals surface area contributed by atoms with E-state index in [-0.39, 0.29) is 11.4 Å². The van der Waals surface area contributed by atoms with E-state index in [1.54, 1.807) is 12.4 Å². The molecule has 19 heavy (non-hydrogen) atoms. The van der Waals surface area contributed by atoms with E-state index in [4.69, 9.17) is 0 Å². The lowest BCUT2D eigenvalue weighted by molar-refractivity contribution is 0.0919. The van der Waals surface area contributed by atoms with E-state index in [1.165, 1.54) is 19.3 Å². The molecule has 0 aliphatic carbocycles. The number of nitrogens with zero attached hydrogens (tertiary/aromatic N) is 3. The van der Waals surface area contributed by atoms with Gasteiger partial charge in [0, 0.05) is 31.0 Å². The van der Waals surface area contributed by atoms with Crippen molar-refractivity contribution in [2.45, 2.75) is 45.6 Å². The fourth-order valence-electron chi connectivity index (χ4n) is 2.11. The number of hydrogen-bond donors (Lipinski definition) is 1. The summed E-state index contributed by atoms with van der Waals surface area (Å²) in [7, 11) is 0. The van der Waals surface area contributed by atoms with Crippen LogP contribution in [0.2, 0.25) is 0 Å². The van der Waals surface area contributed by atoms with Crippen LogP contribution in [-0.4, -0.2) is 34.5 Å². The Morgan fingerprint density at radius 3 is 2.26 bits per heavy atom. The molecule has 0 aromatic carbocycles. The highest BCUT2D eigenvalue weighted by Gasteiger charge is 2.17. The molecule has 1 aliphatic heterocycles. The lowest BCUT2D eigenvalue weighted by Gasteiger charge is -2.26. The fraction of sp³-hybridized carbons (Fsp3) is 0.643. The second-order valence-corrected chi connectivity index (χ2v) is 6.02. The third kappa shape index (κ3) is 3.91. The molecule has 5 heteroatoms. The van der Waals surface area contributed by atoms with Crippen LogP contribution >= 0.6 is 0 Å². The molecule has 0 spiro atoms. The molecule has 1 amide bonds. The maximum atomic E-state index is 11.9. The summed E-state index contributed by atoms with van der Waals surface area (Å²) >= 11 is 0. The molecule has 1 N–H and O–H groups in total. The van der Waals surface area contributed by atoms with E-state index < -0.39 is 0 Å². The molecule has 5 nitrogen and oxygen atoms in total. The van der Waals surface area contributed by atoms with Gasteiger partial charge < -0.3 is 10.2 Å². The van der Waals surface area contributed by atoms with Gasteiger partial charge in [-0.25, -0.2) is 9.97 Å². The van der Waals surface area contributed by atoms with Gasteiger partial charge in [0.25, 0.3) is 5.91 Å². The van der Waals surface area contributed by atoms with E-state index in [0.29, 0.717) is 5.56 Å². The van der Waals surface area contributed by atoms with Gasteiger partial charge in [0.2, 0.25) is 5.95 Å². The molecule has 0 saturated carbocycles. The molecule has 1 aromatic rings. The number of aromatic nitrogens is 2. The topological polar surface area (TPSA) is 58.1 Å². The Hall–Kier alpha value is -1.65. The lowest BCUT2D eigenvalue weighted by Crippen LogP contribution is -2.40. The van der Waals surface area contributed by atoms with E-state index >= 15 is 0 Å². The van der Waals surface area contributed by atoms with Gasteiger partial charge in [-0.15, -0.1) is 0 Å². The summed E-state index contributed by atoms with van der Waals surface area (Å²) in [5.74, 6) is 0.602. The number of carbonyl (C=O) groups is 1. The third-order valence-corrected chi connectivity index (χ3v) is 3.03. The Morgan fingerprint density at radius 1 is 1.16 bits per heavy atom. The van der Waals surface area contributed by atoms with Crippen molar-refractivity contribution in [2.24, 2.45) is 0 Å². The maximum absolute atomic E-state index is 11.9. The van der Waals surface area contributed by atoms with Gasteiger partial charge in [0.15, 0.2) is 0 Å². The summed E-state index contributed by atoms with van der Waals surface area (Å²) < 4.78 is 0. The molecule has 0 unspecified atom stereocenters. The first-order valence-corrected chi connectivity index (χ1v) is 6.85. The number of anilines is 1. The Labute approximate surface area is 114 Å². The van der Waals surface area contributed by atoms with Crippen molar-refractivity contribution >= 4 is 11.9 Å². The zero-order valence-electron chi connectivity index (χ0n) is 11.9. The number of rotatable bonds is 2. The summed E-state index contributed by atoms with van der Waals surface area (Å²) in [6.45, 7) is 7.87. The van der Waals surface area contributed by atoms with Crippen molar-refractivity contribution in [2.75, 3.05) is 18.0 Å². The second kappa shape index (κ2) is 5.55. The Morgan fingerprint density at radius 2 is 1.74 bits per heavy atom. The average molecular weight is 262 g/mol. The molecule has 1 aromatic heterocycles. The average Bonchev–Trinajstić information content (AvgIpc) is 2.38. The van der Waals surface area contributed by atoms with Crippen molar-refractivity contribution < 1.29 is 4.79 Å². The quantitative estimate of drug-likeness (QED) is 0.885. The van der Waals surface area contributed by atoms with E-state index in [2.05, 4.69) is 20.2 Å². The molecule has 1 saturated heterocycles. The van der Waals surface area contributed by atoms with E-state index in [9.17, 15) is 4.79 Å². The number of piperidine rings is 1. The zero-order valence-corrected chi connectivity index (χ0v) is 11.9. The highest BCUT2D eigenvalue weighted by Crippen LogP contribution is 2.15. The lowest BCUT2D eigenvalue weighted by atomic mass is 10.1. The maximum Gasteiger partial charge on any atom is 0.254 e. The third-order valence-electron chi connectivity index (χ3n) is 3.03. The summed E-state index contributed by atoms with van der Waals surface area (Å²) in [5.41, 5.74) is 0.262. The molecule has 2 heterocycles. The zero-order chi connectivity index (χ0) is 13.9. The van der Waals surface area contributed by atoms with Crippen LogP contribution in [0.4, 0.5) is 5.95 Å². The Bertz CT molecular complexity index is 430. The Balaban J connectivity index is 2.03. The second-order valence-electron chi connectivity index (χ2n) is 6.02. The van der Waals surface area contributed by atoms with Crippen molar-refractivity contribution in [1.82, 2.24) is 15.3 Å². The van der Waals surface area contributed by atoms with Crippen LogP contribution in [0.5, 0.6) is 0 Å². The number of amides is 1. The standard InChI is InChI=1S/C14H22N4O/c1-14(2,3)17-12(19)11-9-15-13(16-10-11)18-7-5-4-6-8-18/h9-10H,4-8H2,1-3H3,(H,17,19). The van der Waals surface area contributed by atoms with Gasteiger partial charge in [-0.05, 0) is 40.0 Å². The first-order valence-electron chi connectivity index (χ1n) is 6.85. The van der Waals surface area contributed by atoms with Gasteiger partial charge in [-0.1, -0.05) is 0 Å². The smallest absolute Gasteiger partial charge is 0.254 e. The normalized spacial score (nSPS) is 16.3. The molecule has 1 fully saturated rings. The molecule has 0 radical (unpaired) electrons. The van der Waals surface area contributed by atoms with E-state index in [0.717, 1.165) is 19.0 Å². The van der Waals surface area contributed by atoms with Crippen LogP contribution in [0.15, 0.2) is 12.4 Å². The summed E-state index contributed by atoms with van der Waals surface area (Å²) in [4.78, 5) is 22.7. The predicted octanol–water partition coefficient (Wildman–Crippen LogP) is 2.00. The monoisotopic (exact) mass is 262 g/mol. The van der Waals surface area contributed by atoms with Crippen molar-refractivity contribution in [3.63, 3.8) is 0 Å². The largest absolute Gasteiger partial charge is 0.347 e. The van der Waals surface area contributed by atoms with Gasteiger partial charge in [-0.2, -0.15) is 0 Å². The van der Waals surface area contributed by atoms with E-state index in [1.807, 2.05) is 20.8 Å². The summed E-state index contributed by atoms with van der Waals surface area (Å²) in [6.07, 6.45) is 6.88. The van der Waals surface area contributed by atoms with Crippen LogP contribution in [0.25, 0.3) is 0 Å². The minimum absolute atomic E-state index is 0.127. The van der Waals surface area contributed by atoms with Crippen LogP contribution in [0.3, 0.4) is 0 Å². The molecule has 0 bridgehead atoms. The molecule has 2 rings (SSSR count). The fourth-order valence-corrected chi connectivity index (χ4v) is 2.11. The van der Waals surface area contributed by atoms with Crippen molar-refractivity contribution in [3.05, 3.63) is 18.0 Å². The van der Waals surface area contributed by atoms with Crippen LogP contribution in [-0.2, 0) is 0 Å². The number of hydrogen-bond acceptors (Lipinski definition) is 4. The summed E-state index contributed by atoms with van der Waals surface area (Å²) in [5, 5.41) is 2.90. The first kappa shape index (κ1) is 13.8. The first-order chi connectivity index (χ1) is 8.96. The molecule has 1 aliphatic rings. The minimum Gasteiger partial charge on any atom is -0.347 e. The minimum atomic E-state index is -0.247.